The number of ether oxygens (including phenoxy) is 1. The Balaban J connectivity index is 1.29. The summed E-state index contributed by atoms with van der Waals surface area (Å²) < 4.78 is 6.64. The smallest absolute Gasteiger partial charge is 0.226 e. The predicted octanol–water partition coefficient (Wildman–Crippen LogP) is 2.95. The van der Waals surface area contributed by atoms with Gasteiger partial charge in [0.05, 0.1) is 23.4 Å². The van der Waals surface area contributed by atoms with Crippen LogP contribution in [0.3, 0.4) is 0 Å². The van der Waals surface area contributed by atoms with E-state index in [4.69, 9.17) is 4.74 Å². The van der Waals surface area contributed by atoms with Gasteiger partial charge in [-0.1, -0.05) is 24.3 Å². The van der Waals surface area contributed by atoms with Crippen LogP contribution in [-0.2, 0) is 21.4 Å². The first-order chi connectivity index (χ1) is 18.8. The molecule has 3 N–H and O–H groups in total. The van der Waals surface area contributed by atoms with E-state index in [-0.39, 0.29) is 30.0 Å². The number of nitrogens with zero attached hydrogens (tertiary/aromatic N) is 2. The van der Waals surface area contributed by atoms with Gasteiger partial charge in [-0.15, -0.1) is 0 Å². The number of phenols is 1. The molecule has 4 bridgehead atoms. The molecule has 8 heteroatoms. The number of para-hydroxylation sites is 1. The maximum atomic E-state index is 13.8. The Bertz CT molecular complexity index is 1390. The number of aliphatic hydroxyl groups is 1. The normalized spacial score (nSPS) is 37.3. The molecule has 39 heavy (non-hydrogen) atoms. The minimum atomic E-state index is -1.43. The van der Waals surface area contributed by atoms with Crippen LogP contribution in [0.2, 0.25) is 0 Å². The van der Waals surface area contributed by atoms with Gasteiger partial charge in [0.25, 0.3) is 0 Å². The highest BCUT2D eigenvalue weighted by Gasteiger charge is 2.83. The quantitative estimate of drug-likeness (QED) is 0.551. The van der Waals surface area contributed by atoms with Gasteiger partial charge >= 0.3 is 0 Å². The standard InChI is InChI=1S/C31H35N3O5/c1-18(35)34-23(16-25(37)32-21-5-3-2-4-6-21)30(38)11-12-31(34)24-15-20-9-10-22(36)27-26(20)29(31,28(30)39-27)13-14-33(24)17-19-7-8-19/h2-6,9-10,19,23-24,28,36,38H,7-8,11-17H2,1H3,(H,32,37)/t23-,24-,28-,29+,30-,31-/m1/s1. The fourth-order valence-electron chi connectivity index (χ4n) is 9.55. The van der Waals surface area contributed by atoms with E-state index in [1.165, 1.54) is 12.8 Å². The lowest BCUT2D eigenvalue weighted by atomic mass is 9.40. The van der Waals surface area contributed by atoms with E-state index in [1.54, 1.807) is 13.0 Å². The number of carbonyl (C=O) groups excluding carboxylic acids is 2. The number of hydrogen-bond acceptors (Lipinski definition) is 6. The highest BCUT2D eigenvalue weighted by Crippen LogP contribution is 2.72. The second kappa shape index (κ2) is 7.76. The Morgan fingerprint density at radius 3 is 2.64 bits per heavy atom. The van der Waals surface area contributed by atoms with Crippen LogP contribution in [0.1, 0.15) is 56.6 Å². The van der Waals surface area contributed by atoms with Gasteiger partial charge in [0.1, 0.15) is 11.7 Å². The lowest BCUT2D eigenvalue weighted by Gasteiger charge is -2.76. The van der Waals surface area contributed by atoms with Crippen molar-refractivity contribution in [3.05, 3.63) is 53.6 Å². The summed E-state index contributed by atoms with van der Waals surface area (Å²) in [4.78, 5) is 31.7. The zero-order valence-electron chi connectivity index (χ0n) is 22.2. The maximum Gasteiger partial charge on any atom is 0.226 e. The van der Waals surface area contributed by atoms with Crippen molar-refractivity contribution in [2.24, 2.45) is 5.92 Å². The summed E-state index contributed by atoms with van der Waals surface area (Å²) in [5.41, 5.74) is 0.162. The van der Waals surface area contributed by atoms with Gasteiger partial charge in [-0.2, -0.15) is 0 Å². The van der Waals surface area contributed by atoms with E-state index in [0.29, 0.717) is 30.2 Å². The van der Waals surface area contributed by atoms with E-state index in [1.807, 2.05) is 41.3 Å². The van der Waals surface area contributed by atoms with Gasteiger partial charge in [-0.25, -0.2) is 0 Å². The van der Waals surface area contributed by atoms with Gasteiger partial charge in [0, 0.05) is 30.8 Å². The number of benzene rings is 2. The van der Waals surface area contributed by atoms with E-state index in [0.717, 1.165) is 37.1 Å². The molecule has 2 amide bonds. The molecule has 5 fully saturated rings. The lowest BCUT2D eigenvalue weighted by Crippen LogP contribution is -2.92. The molecule has 9 rings (SSSR count). The van der Waals surface area contributed by atoms with Crippen molar-refractivity contribution in [2.45, 2.75) is 86.6 Å². The summed E-state index contributed by atoms with van der Waals surface area (Å²) >= 11 is 0. The van der Waals surface area contributed by atoms with Gasteiger partial charge in [0.15, 0.2) is 11.5 Å². The summed E-state index contributed by atoms with van der Waals surface area (Å²) in [6.07, 6.45) is 4.46. The van der Waals surface area contributed by atoms with Crippen LogP contribution >= 0.6 is 0 Å². The third-order valence-corrected chi connectivity index (χ3v) is 11.0. The molecule has 2 aromatic rings. The number of fused-ring (bicyclic) bond motifs is 2. The molecular formula is C31H35N3O5. The minimum Gasteiger partial charge on any atom is -0.504 e. The van der Waals surface area contributed by atoms with E-state index >= 15 is 0 Å². The Hall–Kier alpha value is -3.10. The van der Waals surface area contributed by atoms with Crippen molar-refractivity contribution in [1.82, 2.24) is 9.80 Å². The van der Waals surface area contributed by atoms with Crippen LogP contribution in [-0.4, -0.2) is 74.2 Å². The molecule has 2 saturated carbocycles. The van der Waals surface area contributed by atoms with Crippen molar-refractivity contribution in [3.63, 3.8) is 0 Å². The number of phenolic OH excluding ortho intramolecular Hbond substituents is 1. The molecule has 4 heterocycles. The first-order valence-electron chi connectivity index (χ1n) is 14.4. The van der Waals surface area contributed by atoms with E-state index < -0.39 is 28.7 Å². The predicted molar refractivity (Wildman–Crippen MR) is 144 cm³/mol. The molecule has 2 aromatic carbocycles. The minimum absolute atomic E-state index is 0.0206. The average molecular weight is 530 g/mol. The SMILES string of the molecule is CC(=O)N1[C@H](CC(=O)Nc2ccccc2)[C@]2(O)CC[C@]13[C@H]1Cc4ccc(O)c5c4[C@@]3(CCN1CC1CC1)[C@H]2O5. The highest BCUT2D eigenvalue weighted by molar-refractivity contribution is 5.92. The Kier molecular flexibility index (Phi) is 4.73. The average Bonchev–Trinajstić information content (AvgIpc) is 3.65. The summed E-state index contributed by atoms with van der Waals surface area (Å²) in [5, 5.41) is 26.5. The molecular weight excluding hydrogens is 494 g/mol. The number of nitrogens with one attached hydrogen (secondary N) is 1. The Morgan fingerprint density at radius 2 is 1.90 bits per heavy atom. The van der Waals surface area contributed by atoms with Crippen molar-refractivity contribution in [1.29, 1.82) is 0 Å². The van der Waals surface area contributed by atoms with Crippen molar-refractivity contribution < 1.29 is 24.5 Å². The number of anilines is 1. The number of likely N-dealkylation sites (tertiary alicyclic amines) is 1. The van der Waals surface area contributed by atoms with Crippen LogP contribution in [0.15, 0.2) is 42.5 Å². The fourth-order valence-corrected chi connectivity index (χ4v) is 9.55. The van der Waals surface area contributed by atoms with Crippen LogP contribution in [0.4, 0.5) is 5.69 Å². The fraction of sp³-hybridized carbons (Fsp3) is 0.548. The van der Waals surface area contributed by atoms with Crippen molar-refractivity contribution in [2.75, 3.05) is 18.4 Å². The zero-order valence-corrected chi connectivity index (χ0v) is 22.2. The van der Waals surface area contributed by atoms with E-state index in [2.05, 4.69) is 10.2 Å². The first-order valence-corrected chi connectivity index (χ1v) is 14.4. The summed E-state index contributed by atoms with van der Waals surface area (Å²) in [7, 11) is 0. The molecule has 0 aromatic heterocycles. The third-order valence-electron chi connectivity index (χ3n) is 11.0. The molecule has 3 aliphatic carbocycles. The summed E-state index contributed by atoms with van der Waals surface area (Å²) in [6, 6.07) is 12.3. The molecule has 0 unspecified atom stereocenters. The second-order valence-electron chi connectivity index (χ2n) is 12.8. The summed E-state index contributed by atoms with van der Waals surface area (Å²) in [5.74, 6) is 0.902. The van der Waals surface area contributed by atoms with Gasteiger partial charge in [-0.05, 0) is 74.8 Å². The number of hydrogen-bond donors (Lipinski definition) is 3. The first kappa shape index (κ1) is 23.8. The van der Waals surface area contributed by atoms with E-state index in [9.17, 15) is 19.8 Å². The van der Waals surface area contributed by atoms with Crippen LogP contribution in [0, 0.1) is 5.92 Å². The topological polar surface area (TPSA) is 102 Å². The molecule has 3 saturated heterocycles. The second-order valence-corrected chi connectivity index (χ2v) is 12.8. The number of amides is 2. The van der Waals surface area contributed by atoms with Crippen molar-refractivity contribution in [3.8, 4) is 11.5 Å². The van der Waals surface area contributed by atoms with Crippen LogP contribution in [0.5, 0.6) is 11.5 Å². The van der Waals surface area contributed by atoms with Crippen LogP contribution in [0.25, 0.3) is 0 Å². The highest BCUT2D eigenvalue weighted by atomic mass is 16.5. The van der Waals surface area contributed by atoms with Gasteiger partial charge in [-0.3, -0.25) is 14.5 Å². The number of rotatable bonds is 5. The van der Waals surface area contributed by atoms with Gasteiger partial charge in [0.2, 0.25) is 11.8 Å². The Morgan fingerprint density at radius 1 is 1.10 bits per heavy atom. The molecule has 2 spiro atoms. The summed E-state index contributed by atoms with van der Waals surface area (Å²) in [6.45, 7) is 3.48. The Labute approximate surface area is 227 Å². The lowest BCUT2D eigenvalue weighted by molar-refractivity contribution is -0.284. The molecule has 8 nitrogen and oxygen atoms in total. The molecule has 4 aliphatic heterocycles. The number of aromatic hydroxyl groups is 1. The molecule has 0 radical (unpaired) electrons. The maximum absolute atomic E-state index is 13.8. The number of carbonyl (C=O) groups is 2. The monoisotopic (exact) mass is 529 g/mol. The third kappa shape index (κ3) is 2.86. The molecule has 7 aliphatic rings. The molecule has 204 valence electrons. The number of piperidine rings is 3. The van der Waals surface area contributed by atoms with Gasteiger partial charge < -0.3 is 25.2 Å². The molecule has 6 atom stereocenters. The van der Waals surface area contributed by atoms with Crippen molar-refractivity contribution >= 4 is 17.5 Å². The largest absolute Gasteiger partial charge is 0.504 e. The van der Waals surface area contributed by atoms with Crippen LogP contribution < -0.4 is 10.1 Å². The zero-order chi connectivity index (χ0) is 26.7.